The van der Waals surface area contributed by atoms with Gasteiger partial charge in [0.1, 0.15) is 11.8 Å². The Kier molecular flexibility index (Phi) is 5.42. The van der Waals surface area contributed by atoms with Gasteiger partial charge >= 0.3 is 6.03 Å². The SMILES string of the molecule is COc1cccc(NC(=O)CCC2NC(=O)N(Cc3ccc4c(c3)OCO4)C2=O)c1. The third kappa shape index (κ3) is 4.14. The maximum absolute atomic E-state index is 12.6. The summed E-state index contributed by atoms with van der Waals surface area (Å²) in [4.78, 5) is 38.3. The van der Waals surface area contributed by atoms with Gasteiger partial charge in [0.05, 0.1) is 13.7 Å². The summed E-state index contributed by atoms with van der Waals surface area (Å²) in [6.07, 6.45) is 0.295. The lowest BCUT2D eigenvalue weighted by Crippen LogP contribution is -2.31. The number of nitrogens with zero attached hydrogens (tertiary/aromatic N) is 1. The van der Waals surface area contributed by atoms with Crippen molar-refractivity contribution >= 4 is 23.5 Å². The molecule has 4 amide bonds. The Balaban J connectivity index is 1.32. The number of carbonyl (C=O) groups is 3. The maximum atomic E-state index is 12.6. The third-order valence-electron chi connectivity index (χ3n) is 4.90. The van der Waals surface area contributed by atoms with E-state index >= 15 is 0 Å². The Morgan fingerprint density at radius 1 is 1.20 bits per heavy atom. The number of rotatable bonds is 7. The van der Waals surface area contributed by atoms with Crippen molar-refractivity contribution in [2.24, 2.45) is 0 Å². The highest BCUT2D eigenvalue weighted by molar-refractivity contribution is 6.04. The monoisotopic (exact) mass is 411 g/mol. The van der Waals surface area contributed by atoms with Crippen molar-refractivity contribution in [1.82, 2.24) is 10.2 Å². The van der Waals surface area contributed by atoms with E-state index < -0.39 is 12.1 Å². The van der Waals surface area contributed by atoms with Crippen molar-refractivity contribution in [3.63, 3.8) is 0 Å². The summed E-state index contributed by atoms with van der Waals surface area (Å²) in [5.41, 5.74) is 1.35. The summed E-state index contributed by atoms with van der Waals surface area (Å²) in [6.45, 7) is 0.273. The van der Waals surface area contributed by atoms with Gasteiger partial charge in [0, 0.05) is 18.2 Å². The molecule has 9 heteroatoms. The molecule has 30 heavy (non-hydrogen) atoms. The molecular formula is C21H21N3O6. The van der Waals surface area contributed by atoms with Gasteiger partial charge in [-0.3, -0.25) is 14.5 Å². The van der Waals surface area contributed by atoms with Crippen LogP contribution in [0.15, 0.2) is 42.5 Å². The fraction of sp³-hybridized carbons (Fsp3) is 0.286. The second-order valence-electron chi connectivity index (χ2n) is 6.93. The molecule has 2 N–H and O–H groups in total. The summed E-state index contributed by atoms with van der Waals surface area (Å²) in [6, 6.07) is 11.1. The number of carbonyl (C=O) groups excluding carboxylic acids is 3. The van der Waals surface area contributed by atoms with E-state index in [0.29, 0.717) is 22.9 Å². The number of nitrogens with one attached hydrogen (secondary N) is 2. The van der Waals surface area contributed by atoms with E-state index in [4.69, 9.17) is 14.2 Å². The number of hydrogen-bond donors (Lipinski definition) is 2. The Bertz CT molecular complexity index is 992. The Labute approximate surface area is 172 Å². The van der Waals surface area contributed by atoms with Gasteiger partial charge in [-0.05, 0) is 36.2 Å². The molecule has 2 aromatic carbocycles. The van der Waals surface area contributed by atoms with Gasteiger partial charge in [-0.15, -0.1) is 0 Å². The number of hydrogen-bond acceptors (Lipinski definition) is 6. The quantitative estimate of drug-likeness (QED) is 0.677. The molecule has 1 unspecified atom stereocenters. The normalized spacial score (nSPS) is 17.1. The predicted octanol–water partition coefficient (Wildman–Crippen LogP) is 2.26. The minimum Gasteiger partial charge on any atom is -0.497 e. The molecule has 4 rings (SSSR count). The van der Waals surface area contributed by atoms with Crippen molar-refractivity contribution < 1.29 is 28.6 Å². The topological polar surface area (TPSA) is 106 Å². The Morgan fingerprint density at radius 3 is 2.87 bits per heavy atom. The molecule has 9 nitrogen and oxygen atoms in total. The van der Waals surface area contributed by atoms with Gasteiger partial charge in [-0.2, -0.15) is 0 Å². The standard InChI is InChI=1S/C21H21N3O6/c1-28-15-4-2-3-14(10-15)22-19(25)8-6-16-20(26)24(21(27)23-16)11-13-5-7-17-18(9-13)30-12-29-17/h2-5,7,9-10,16H,6,8,11-12H2,1H3,(H,22,25)(H,23,27). The van der Waals surface area contributed by atoms with Crippen LogP contribution in [0.5, 0.6) is 17.2 Å². The molecule has 1 fully saturated rings. The number of ether oxygens (including phenoxy) is 3. The first-order valence-corrected chi connectivity index (χ1v) is 9.48. The molecule has 0 aliphatic carbocycles. The summed E-state index contributed by atoms with van der Waals surface area (Å²) < 4.78 is 15.7. The number of amides is 4. The minimum atomic E-state index is -0.734. The van der Waals surface area contributed by atoms with Crippen LogP contribution in [0, 0.1) is 0 Å². The molecule has 156 valence electrons. The van der Waals surface area contributed by atoms with Gasteiger partial charge in [-0.25, -0.2) is 4.79 Å². The van der Waals surface area contributed by atoms with E-state index in [1.807, 2.05) is 0 Å². The van der Waals surface area contributed by atoms with Crippen LogP contribution < -0.4 is 24.8 Å². The highest BCUT2D eigenvalue weighted by Crippen LogP contribution is 2.33. The van der Waals surface area contributed by atoms with Crippen molar-refractivity contribution in [2.45, 2.75) is 25.4 Å². The van der Waals surface area contributed by atoms with Crippen LogP contribution in [0.4, 0.5) is 10.5 Å². The van der Waals surface area contributed by atoms with Crippen molar-refractivity contribution in [3.05, 3.63) is 48.0 Å². The molecule has 2 aliphatic heterocycles. The molecule has 0 radical (unpaired) electrons. The number of benzene rings is 2. The first-order valence-electron chi connectivity index (χ1n) is 9.48. The van der Waals surface area contributed by atoms with Crippen LogP contribution in [0.25, 0.3) is 0 Å². The Hall–Kier alpha value is -3.75. The number of fused-ring (bicyclic) bond motifs is 1. The zero-order valence-electron chi connectivity index (χ0n) is 16.3. The van der Waals surface area contributed by atoms with E-state index in [2.05, 4.69) is 10.6 Å². The molecule has 2 heterocycles. The summed E-state index contributed by atoms with van der Waals surface area (Å²) in [7, 11) is 1.55. The van der Waals surface area contributed by atoms with Gasteiger partial charge in [0.25, 0.3) is 5.91 Å². The number of anilines is 1. The average Bonchev–Trinajstić information content (AvgIpc) is 3.31. The largest absolute Gasteiger partial charge is 0.497 e. The predicted molar refractivity (Wildman–Crippen MR) is 106 cm³/mol. The van der Waals surface area contributed by atoms with Crippen LogP contribution in [0.3, 0.4) is 0 Å². The molecule has 1 atom stereocenters. The number of methoxy groups -OCH3 is 1. The van der Waals surface area contributed by atoms with Crippen molar-refractivity contribution in [2.75, 3.05) is 19.2 Å². The van der Waals surface area contributed by atoms with Crippen LogP contribution in [0.1, 0.15) is 18.4 Å². The number of urea groups is 1. The summed E-state index contributed by atoms with van der Waals surface area (Å²) >= 11 is 0. The number of imide groups is 1. The van der Waals surface area contributed by atoms with Crippen LogP contribution in [-0.2, 0) is 16.1 Å². The fourth-order valence-corrected chi connectivity index (χ4v) is 3.34. The minimum absolute atomic E-state index is 0.0890. The maximum Gasteiger partial charge on any atom is 0.325 e. The fourth-order valence-electron chi connectivity index (χ4n) is 3.34. The molecule has 0 bridgehead atoms. The highest BCUT2D eigenvalue weighted by atomic mass is 16.7. The van der Waals surface area contributed by atoms with E-state index in [-0.39, 0.29) is 38.0 Å². The van der Waals surface area contributed by atoms with Gasteiger partial charge in [0.15, 0.2) is 11.5 Å². The van der Waals surface area contributed by atoms with E-state index in [0.717, 1.165) is 10.5 Å². The molecule has 2 aromatic rings. The van der Waals surface area contributed by atoms with Crippen LogP contribution in [0.2, 0.25) is 0 Å². The second-order valence-corrected chi connectivity index (χ2v) is 6.93. The van der Waals surface area contributed by atoms with E-state index in [1.54, 1.807) is 49.6 Å². The zero-order valence-corrected chi connectivity index (χ0v) is 16.3. The molecule has 0 aromatic heterocycles. The van der Waals surface area contributed by atoms with E-state index in [1.165, 1.54) is 0 Å². The molecular weight excluding hydrogens is 390 g/mol. The third-order valence-corrected chi connectivity index (χ3v) is 4.90. The summed E-state index contributed by atoms with van der Waals surface area (Å²) in [5.74, 6) is 1.25. The lowest BCUT2D eigenvalue weighted by Gasteiger charge is -2.13. The molecule has 0 spiro atoms. The first-order chi connectivity index (χ1) is 14.5. The van der Waals surface area contributed by atoms with Crippen molar-refractivity contribution in [1.29, 1.82) is 0 Å². The second kappa shape index (κ2) is 8.32. The lowest BCUT2D eigenvalue weighted by molar-refractivity contribution is -0.128. The average molecular weight is 411 g/mol. The molecule has 0 saturated carbocycles. The molecule has 2 aliphatic rings. The van der Waals surface area contributed by atoms with Gasteiger partial charge < -0.3 is 24.8 Å². The van der Waals surface area contributed by atoms with E-state index in [9.17, 15) is 14.4 Å². The van der Waals surface area contributed by atoms with Crippen LogP contribution >= 0.6 is 0 Å². The van der Waals surface area contributed by atoms with Gasteiger partial charge in [0.2, 0.25) is 12.7 Å². The van der Waals surface area contributed by atoms with Crippen molar-refractivity contribution in [3.8, 4) is 17.2 Å². The first kappa shape index (κ1) is 19.6. The highest BCUT2D eigenvalue weighted by Gasteiger charge is 2.38. The summed E-state index contributed by atoms with van der Waals surface area (Å²) in [5, 5.41) is 5.40. The lowest BCUT2D eigenvalue weighted by atomic mass is 10.1. The Morgan fingerprint density at radius 2 is 2.03 bits per heavy atom. The van der Waals surface area contributed by atoms with Gasteiger partial charge in [-0.1, -0.05) is 12.1 Å². The van der Waals surface area contributed by atoms with Crippen LogP contribution in [-0.4, -0.2) is 42.7 Å². The molecule has 1 saturated heterocycles. The zero-order chi connectivity index (χ0) is 21.1. The smallest absolute Gasteiger partial charge is 0.325 e.